The lowest BCUT2D eigenvalue weighted by atomic mass is 9.90. The number of guanidine groups is 1. The van der Waals surface area contributed by atoms with Crippen molar-refractivity contribution in [2.24, 2.45) is 16.5 Å². The number of aromatic hydroxyl groups is 1. The Balaban J connectivity index is 0.894. The SMILES string of the molecule is CC(=O)N[C@H]1C([C@H](OC(=O)NCCOCCOCCOCCOCCOCCNC(=S)Nc2ccc(-c3c4ccc(=O)cc-4oc4cc(O)ccc34)c(C(=O)O)c2)[C@H](O)CO)OC(C(=O)O)=C[C@@H]1N=C(N)N. The molecule has 0 aromatic heterocycles. The van der Waals surface area contributed by atoms with Gasteiger partial charge in [-0.15, -0.1) is 0 Å². The number of phenols is 1. The van der Waals surface area contributed by atoms with Crippen LogP contribution in [-0.4, -0.2) is 177 Å². The molecular formula is C46H57N7O18S. The molecule has 5 rings (SSSR count). The molecule has 13 N–H and O–H groups in total. The fourth-order valence-electron chi connectivity index (χ4n) is 7.22. The number of ether oxygens (including phenoxy) is 7. The van der Waals surface area contributed by atoms with Crippen LogP contribution in [0.25, 0.3) is 33.4 Å². The Hall–Kier alpha value is -7.17. The molecule has 0 bridgehead atoms. The van der Waals surface area contributed by atoms with Crippen LogP contribution in [0.3, 0.4) is 0 Å². The van der Waals surface area contributed by atoms with Gasteiger partial charge < -0.3 is 95.8 Å². The van der Waals surface area contributed by atoms with E-state index in [-0.39, 0.29) is 66.2 Å². The highest BCUT2D eigenvalue weighted by Gasteiger charge is 2.46. The summed E-state index contributed by atoms with van der Waals surface area (Å²) in [5.41, 5.74) is 12.8. The molecule has 390 valence electrons. The summed E-state index contributed by atoms with van der Waals surface area (Å²) < 4.78 is 44.2. The van der Waals surface area contributed by atoms with Crippen LogP contribution in [-0.2, 0) is 42.7 Å². The van der Waals surface area contributed by atoms with Crippen molar-refractivity contribution < 1.29 is 82.3 Å². The van der Waals surface area contributed by atoms with Gasteiger partial charge in [0.15, 0.2) is 28.7 Å². The summed E-state index contributed by atoms with van der Waals surface area (Å²) in [7, 11) is 0. The topological polar surface area (TPSA) is 377 Å². The van der Waals surface area contributed by atoms with Gasteiger partial charge in [0.05, 0.1) is 90.3 Å². The number of hydrogen-bond acceptors (Lipinski definition) is 18. The standard InChI is InChI=1S/C46H57N7O18S/c1-25(55)51-39-33(53-44(47)48)23-37(43(61)62)70-41(39)40(34(58)24-54)71-46(63)50-9-11-65-13-15-67-17-19-68-18-16-66-14-12-64-10-8-49-45(72)52-26-2-5-29(32(20-26)42(59)60)38-30-6-3-27(56)21-35(30)69-36-22-28(57)4-7-31(36)38/h2-7,20-23,33-34,39-41,54,56,58H,8-19,24H2,1H3,(H,50,63)(H,51,55)(H,59,60)(H,61,62)(H4,47,48,53)(H2,49,52,72)/t33-,34+,39+,40+,41?/m0/s1. The zero-order valence-electron chi connectivity index (χ0n) is 38.9. The summed E-state index contributed by atoms with van der Waals surface area (Å²) in [5, 5.41) is 61.8. The summed E-state index contributed by atoms with van der Waals surface area (Å²) in [6.45, 7) is 3.16. The minimum absolute atomic E-state index is 0.0286. The third kappa shape index (κ3) is 16.7. The summed E-state index contributed by atoms with van der Waals surface area (Å²) in [4.78, 5) is 65.0. The molecule has 0 spiro atoms. The first-order valence-electron chi connectivity index (χ1n) is 22.3. The molecule has 3 aliphatic rings. The number of benzene rings is 3. The van der Waals surface area contributed by atoms with Crippen LogP contribution < -0.4 is 38.2 Å². The van der Waals surface area contributed by atoms with E-state index in [9.17, 15) is 49.5 Å². The largest absolute Gasteiger partial charge is 0.508 e. The summed E-state index contributed by atoms with van der Waals surface area (Å²) in [5.74, 6) is -4.21. The van der Waals surface area contributed by atoms with Gasteiger partial charge in [-0.1, -0.05) is 6.07 Å². The predicted molar refractivity (Wildman–Crippen MR) is 261 cm³/mol. The number of hydrogen-bond donors (Lipinski definition) is 11. The number of fused-ring (bicyclic) bond motifs is 2. The number of aromatic carboxylic acids is 1. The number of aliphatic imine (C=N–C) groups is 1. The van der Waals surface area contributed by atoms with Gasteiger partial charge in [0, 0.05) is 54.3 Å². The number of nitrogens with zero attached hydrogens (tertiary/aromatic N) is 1. The molecule has 26 heteroatoms. The highest BCUT2D eigenvalue weighted by molar-refractivity contribution is 7.80. The Morgan fingerprint density at radius 3 is 2.00 bits per heavy atom. The van der Waals surface area contributed by atoms with Gasteiger partial charge >= 0.3 is 18.0 Å². The van der Waals surface area contributed by atoms with Crippen molar-refractivity contribution in [3.63, 3.8) is 0 Å². The highest BCUT2D eigenvalue weighted by Crippen LogP contribution is 2.42. The van der Waals surface area contributed by atoms with Crippen molar-refractivity contribution in [2.75, 3.05) is 91.1 Å². The Labute approximate surface area is 416 Å². The maximum Gasteiger partial charge on any atom is 0.407 e. The van der Waals surface area contributed by atoms with Gasteiger partial charge in [-0.3, -0.25) is 9.59 Å². The number of thiocarbonyl (C=S) groups is 1. The first-order chi connectivity index (χ1) is 34.6. The number of aliphatic hydroxyl groups is 2. The third-order valence-electron chi connectivity index (χ3n) is 10.3. The minimum atomic E-state index is -1.77. The normalized spacial score (nSPS) is 16.2. The Bertz CT molecular complexity index is 2590. The van der Waals surface area contributed by atoms with Crippen LogP contribution in [0.2, 0.25) is 0 Å². The zero-order valence-corrected chi connectivity index (χ0v) is 39.7. The quantitative estimate of drug-likeness (QED) is 0.0120. The van der Waals surface area contributed by atoms with Crippen LogP contribution in [0.5, 0.6) is 5.75 Å². The number of carboxylic acid groups (broad SMARTS) is 2. The van der Waals surface area contributed by atoms with Crippen molar-refractivity contribution in [1.82, 2.24) is 16.0 Å². The van der Waals surface area contributed by atoms with E-state index in [0.29, 0.717) is 74.0 Å². The summed E-state index contributed by atoms with van der Waals surface area (Å²) >= 11 is 5.41. The lowest BCUT2D eigenvalue weighted by molar-refractivity contribution is -0.146. The second-order valence-corrected chi connectivity index (χ2v) is 16.0. The Morgan fingerprint density at radius 1 is 0.806 bits per heavy atom. The lowest BCUT2D eigenvalue weighted by Crippen LogP contribution is -2.61. The lowest BCUT2D eigenvalue weighted by Gasteiger charge is -2.39. The summed E-state index contributed by atoms with van der Waals surface area (Å²) in [6.07, 6.45) is -5.05. The van der Waals surface area contributed by atoms with Gasteiger partial charge in [-0.25, -0.2) is 19.4 Å². The van der Waals surface area contributed by atoms with Crippen LogP contribution >= 0.6 is 12.2 Å². The van der Waals surface area contributed by atoms with Crippen LogP contribution in [0, 0.1) is 0 Å². The van der Waals surface area contributed by atoms with E-state index in [2.05, 4.69) is 26.3 Å². The number of rotatable bonds is 28. The number of carboxylic acids is 2. The molecule has 1 unspecified atom stereocenters. The van der Waals surface area contributed by atoms with Gasteiger partial charge in [-0.2, -0.15) is 0 Å². The number of alkyl carbamates (subject to hydrolysis) is 1. The molecule has 2 aliphatic heterocycles. The average molecular weight is 1030 g/mol. The maximum absolute atomic E-state index is 12.7. The van der Waals surface area contributed by atoms with Gasteiger partial charge in [0.2, 0.25) is 11.7 Å². The first-order valence-corrected chi connectivity index (χ1v) is 22.7. The van der Waals surface area contributed by atoms with Crippen molar-refractivity contribution in [3.05, 3.63) is 82.2 Å². The number of aliphatic carboxylic acids is 1. The predicted octanol–water partition coefficient (Wildman–Crippen LogP) is 0.300. The second kappa shape index (κ2) is 28.0. The van der Waals surface area contributed by atoms with Crippen molar-refractivity contribution in [3.8, 4) is 28.2 Å². The van der Waals surface area contributed by atoms with Gasteiger partial charge in [0.25, 0.3) is 0 Å². The highest BCUT2D eigenvalue weighted by atomic mass is 32.1. The smallest absolute Gasteiger partial charge is 0.407 e. The summed E-state index contributed by atoms with van der Waals surface area (Å²) in [6, 6.07) is 11.1. The fraction of sp³-hybridized carbons (Fsp3) is 0.413. The molecule has 0 saturated carbocycles. The Kier molecular flexibility index (Phi) is 21.7. The number of amides is 2. The van der Waals surface area contributed by atoms with Gasteiger partial charge in [-0.05, 0) is 60.3 Å². The monoisotopic (exact) mass is 1030 g/mol. The molecule has 2 aromatic rings. The van der Waals surface area contributed by atoms with E-state index in [1.807, 2.05) is 0 Å². The van der Waals surface area contributed by atoms with Crippen LogP contribution in [0.15, 0.2) is 80.6 Å². The number of nitrogens with one attached hydrogen (secondary N) is 4. The average Bonchev–Trinajstić information content (AvgIpc) is 3.33. The van der Waals surface area contributed by atoms with Crippen molar-refractivity contribution in [2.45, 2.75) is 37.3 Å². The van der Waals surface area contributed by atoms with E-state index in [4.69, 9.17) is 61.3 Å². The number of nitrogens with two attached hydrogens (primary N) is 2. The number of carbonyl (C=O) groups excluding carboxylic acids is 2. The first kappa shape index (κ1) is 55.8. The Morgan fingerprint density at radius 2 is 1.42 bits per heavy atom. The molecule has 0 radical (unpaired) electrons. The number of carbonyl (C=O) groups is 4. The maximum atomic E-state index is 12.7. The molecule has 2 amide bonds. The van der Waals surface area contributed by atoms with E-state index in [1.165, 1.54) is 30.3 Å². The third-order valence-corrected chi connectivity index (χ3v) is 10.6. The molecule has 72 heavy (non-hydrogen) atoms. The van der Waals surface area contributed by atoms with Gasteiger partial charge in [0.1, 0.15) is 23.2 Å². The molecule has 1 aliphatic carbocycles. The molecule has 2 aromatic carbocycles. The number of phenolic OH excluding ortho intramolecular Hbond substituents is 1. The van der Waals surface area contributed by atoms with E-state index in [0.717, 1.165) is 13.0 Å². The van der Waals surface area contributed by atoms with Crippen LogP contribution in [0.4, 0.5) is 10.5 Å². The van der Waals surface area contributed by atoms with Crippen LogP contribution in [0.1, 0.15) is 17.3 Å². The van der Waals surface area contributed by atoms with Crippen molar-refractivity contribution in [1.29, 1.82) is 0 Å². The molecule has 0 saturated heterocycles. The molecule has 2 heterocycles. The van der Waals surface area contributed by atoms with Crippen molar-refractivity contribution >= 4 is 63.9 Å². The molecule has 25 nitrogen and oxygen atoms in total. The molecular weight excluding hydrogens is 971 g/mol. The number of aliphatic hydroxyl groups excluding tert-OH is 2. The molecule has 5 atom stereocenters. The fourth-order valence-corrected chi connectivity index (χ4v) is 7.44. The van der Waals surface area contributed by atoms with E-state index in [1.54, 1.807) is 24.3 Å². The van der Waals surface area contributed by atoms with E-state index < -0.39 is 72.7 Å². The second-order valence-electron chi connectivity index (χ2n) is 15.6. The minimum Gasteiger partial charge on any atom is -0.508 e. The molecule has 0 fully saturated rings. The zero-order chi connectivity index (χ0) is 52.2. The van der Waals surface area contributed by atoms with E-state index >= 15 is 0 Å². The number of anilines is 1.